The first kappa shape index (κ1) is 23.3. The lowest BCUT2D eigenvalue weighted by Crippen LogP contribution is -2.29. The number of sulfonamides is 1. The molecule has 4 aromatic rings. The van der Waals surface area contributed by atoms with E-state index in [1.54, 1.807) is 54.7 Å². The Morgan fingerprint density at radius 2 is 1.59 bits per heavy atom. The van der Waals surface area contributed by atoms with Crippen molar-refractivity contribution in [1.82, 2.24) is 14.9 Å². The summed E-state index contributed by atoms with van der Waals surface area (Å²) >= 11 is 0. The molecule has 0 saturated heterocycles. The van der Waals surface area contributed by atoms with Crippen molar-refractivity contribution in [1.29, 1.82) is 0 Å². The van der Waals surface area contributed by atoms with Gasteiger partial charge in [-0.25, -0.2) is 13.4 Å². The smallest absolute Gasteiger partial charge is 0.251 e. The van der Waals surface area contributed by atoms with E-state index in [-0.39, 0.29) is 12.5 Å². The van der Waals surface area contributed by atoms with E-state index in [0.29, 0.717) is 17.8 Å². The number of amides is 1. The van der Waals surface area contributed by atoms with Crippen molar-refractivity contribution in [3.8, 4) is 5.69 Å². The number of imidazole rings is 1. The van der Waals surface area contributed by atoms with Crippen LogP contribution in [-0.4, -0.2) is 30.1 Å². The predicted octanol–water partition coefficient (Wildman–Crippen LogP) is 4.08. The molecule has 7 nitrogen and oxygen atoms in total. The van der Waals surface area contributed by atoms with E-state index in [1.807, 2.05) is 48.0 Å². The monoisotopic (exact) mass is 474 g/mol. The Kier molecular flexibility index (Phi) is 6.79. The fourth-order valence-corrected chi connectivity index (χ4v) is 4.52. The summed E-state index contributed by atoms with van der Waals surface area (Å²) in [6.07, 6.45) is 4.85. The molecule has 0 bridgehead atoms. The molecule has 0 spiro atoms. The molecule has 0 aliphatic carbocycles. The standard InChI is InChI=1S/C26H26N4O3S/c1-20-27-16-17-29(20)24-14-10-21(11-15-24)18-28-26(31)23-12-8-22(9-13-23)19-30(34(2,32)33)25-6-4-3-5-7-25/h3-17H,18-19H2,1-2H3,(H,28,31). The van der Waals surface area contributed by atoms with Gasteiger partial charge in [-0.3, -0.25) is 9.10 Å². The summed E-state index contributed by atoms with van der Waals surface area (Å²) in [6, 6.07) is 23.9. The molecule has 0 atom stereocenters. The van der Waals surface area contributed by atoms with E-state index in [1.165, 1.54) is 10.6 Å². The second kappa shape index (κ2) is 9.93. The highest BCUT2D eigenvalue weighted by Gasteiger charge is 2.17. The van der Waals surface area contributed by atoms with Crippen LogP contribution < -0.4 is 9.62 Å². The summed E-state index contributed by atoms with van der Waals surface area (Å²) in [7, 11) is -3.45. The van der Waals surface area contributed by atoms with Gasteiger partial charge < -0.3 is 9.88 Å². The number of aromatic nitrogens is 2. The Morgan fingerprint density at radius 3 is 2.18 bits per heavy atom. The van der Waals surface area contributed by atoms with Crippen molar-refractivity contribution in [3.63, 3.8) is 0 Å². The van der Waals surface area contributed by atoms with E-state index in [2.05, 4.69) is 10.3 Å². The lowest BCUT2D eigenvalue weighted by Gasteiger charge is -2.22. The second-order valence-electron chi connectivity index (χ2n) is 8.00. The summed E-state index contributed by atoms with van der Waals surface area (Å²) in [5.74, 6) is 0.719. The lowest BCUT2D eigenvalue weighted by atomic mass is 10.1. The molecule has 4 rings (SSSR count). The molecule has 1 amide bonds. The van der Waals surface area contributed by atoms with Gasteiger partial charge in [0.1, 0.15) is 5.82 Å². The first-order valence-corrected chi connectivity index (χ1v) is 12.7. The maximum absolute atomic E-state index is 12.6. The highest BCUT2D eigenvalue weighted by atomic mass is 32.2. The molecule has 0 fully saturated rings. The number of benzene rings is 3. The highest BCUT2D eigenvalue weighted by molar-refractivity contribution is 7.92. The van der Waals surface area contributed by atoms with Crippen molar-refractivity contribution >= 4 is 21.6 Å². The average molecular weight is 475 g/mol. The Balaban J connectivity index is 1.38. The SMILES string of the molecule is Cc1nccn1-c1ccc(CNC(=O)c2ccc(CN(c3ccccc3)S(C)(=O)=O)cc2)cc1. The number of para-hydroxylation sites is 1. The van der Waals surface area contributed by atoms with Gasteiger partial charge in [0.25, 0.3) is 5.91 Å². The van der Waals surface area contributed by atoms with Gasteiger partial charge in [-0.1, -0.05) is 42.5 Å². The normalized spacial score (nSPS) is 11.2. The number of hydrogen-bond acceptors (Lipinski definition) is 4. The predicted molar refractivity (Wildman–Crippen MR) is 133 cm³/mol. The van der Waals surface area contributed by atoms with Crippen molar-refractivity contribution in [2.45, 2.75) is 20.0 Å². The average Bonchev–Trinajstić information content (AvgIpc) is 3.27. The van der Waals surface area contributed by atoms with Crippen LogP contribution in [0.25, 0.3) is 5.69 Å². The first-order chi connectivity index (χ1) is 16.3. The second-order valence-corrected chi connectivity index (χ2v) is 9.90. The summed E-state index contributed by atoms with van der Waals surface area (Å²) in [6.45, 7) is 2.53. The summed E-state index contributed by atoms with van der Waals surface area (Å²) < 4.78 is 27.9. The molecular weight excluding hydrogens is 448 g/mol. The molecule has 8 heteroatoms. The van der Waals surface area contributed by atoms with E-state index < -0.39 is 10.0 Å². The van der Waals surface area contributed by atoms with Crippen LogP contribution in [-0.2, 0) is 23.1 Å². The molecule has 1 heterocycles. The Bertz CT molecular complexity index is 1360. The molecule has 1 aromatic heterocycles. The van der Waals surface area contributed by atoms with Crippen LogP contribution in [0.2, 0.25) is 0 Å². The third-order valence-electron chi connectivity index (χ3n) is 5.48. The van der Waals surface area contributed by atoms with Crippen molar-refractivity contribution in [2.24, 2.45) is 0 Å². The third-order valence-corrected chi connectivity index (χ3v) is 6.62. The van der Waals surface area contributed by atoms with Gasteiger partial charge in [-0.2, -0.15) is 0 Å². The first-order valence-electron chi connectivity index (χ1n) is 10.8. The lowest BCUT2D eigenvalue weighted by molar-refractivity contribution is 0.0951. The quantitative estimate of drug-likeness (QED) is 0.417. The Labute approximate surface area is 199 Å². The molecule has 174 valence electrons. The van der Waals surface area contributed by atoms with Crippen LogP contribution in [0.5, 0.6) is 0 Å². The van der Waals surface area contributed by atoms with Gasteiger partial charge in [-0.05, 0) is 54.4 Å². The van der Waals surface area contributed by atoms with Crippen molar-refractivity contribution < 1.29 is 13.2 Å². The molecule has 0 aliphatic heterocycles. The summed E-state index contributed by atoms with van der Waals surface area (Å²) in [5.41, 5.74) is 3.90. The third kappa shape index (κ3) is 5.52. The molecule has 34 heavy (non-hydrogen) atoms. The number of anilines is 1. The van der Waals surface area contributed by atoms with Crippen molar-refractivity contribution in [3.05, 3.63) is 114 Å². The molecule has 0 aliphatic rings. The van der Waals surface area contributed by atoms with Crippen LogP contribution in [0.3, 0.4) is 0 Å². The molecule has 0 unspecified atom stereocenters. The van der Waals surface area contributed by atoms with E-state index in [4.69, 9.17) is 0 Å². The minimum atomic E-state index is -3.45. The van der Waals surface area contributed by atoms with Crippen LogP contribution in [0.15, 0.2) is 91.3 Å². The highest BCUT2D eigenvalue weighted by Crippen LogP contribution is 2.20. The van der Waals surface area contributed by atoms with E-state index >= 15 is 0 Å². The van der Waals surface area contributed by atoms with Crippen molar-refractivity contribution in [2.75, 3.05) is 10.6 Å². The zero-order valence-electron chi connectivity index (χ0n) is 19.0. The molecule has 0 radical (unpaired) electrons. The van der Waals surface area contributed by atoms with Gasteiger partial charge in [-0.15, -0.1) is 0 Å². The minimum absolute atomic E-state index is 0.188. The maximum atomic E-state index is 12.6. The molecular formula is C26H26N4O3S. The van der Waals surface area contributed by atoms with Gasteiger partial charge in [0.05, 0.1) is 18.5 Å². The molecule has 1 N–H and O–H groups in total. The van der Waals surface area contributed by atoms with Gasteiger partial charge >= 0.3 is 0 Å². The molecule has 0 saturated carbocycles. The number of rotatable bonds is 8. The van der Waals surface area contributed by atoms with E-state index in [9.17, 15) is 13.2 Å². The summed E-state index contributed by atoms with van der Waals surface area (Å²) in [4.78, 5) is 16.8. The van der Waals surface area contributed by atoms with E-state index in [0.717, 1.165) is 22.6 Å². The van der Waals surface area contributed by atoms with Crippen LogP contribution in [0.4, 0.5) is 5.69 Å². The zero-order valence-corrected chi connectivity index (χ0v) is 19.9. The minimum Gasteiger partial charge on any atom is -0.348 e. The summed E-state index contributed by atoms with van der Waals surface area (Å²) in [5, 5.41) is 2.93. The van der Waals surface area contributed by atoms with Crippen LogP contribution in [0, 0.1) is 6.92 Å². The van der Waals surface area contributed by atoms with Crippen LogP contribution in [0.1, 0.15) is 27.3 Å². The number of carbonyl (C=O) groups excluding carboxylic acids is 1. The largest absolute Gasteiger partial charge is 0.348 e. The number of nitrogens with zero attached hydrogens (tertiary/aromatic N) is 3. The number of hydrogen-bond donors (Lipinski definition) is 1. The fraction of sp³-hybridized carbons (Fsp3) is 0.154. The number of nitrogens with one attached hydrogen (secondary N) is 1. The van der Waals surface area contributed by atoms with Gasteiger partial charge in [0.2, 0.25) is 10.0 Å². The molecule has 3 aromatic carbocycles. The zero-order chi connectivity index (χ0) is 24.1. The Morgan fingerprint density at radius 1 is 0.941 bits per heavy atom. The number of aryl methyl sites for hydroxylation is 1. The topological polar surface area (TPSA) is 84.3 Å². The Hall–Kier alpha value is -3.91. The fourth-order valence-electron chi connectivity index (χ4n) is 3.63. The number of carbonyl (C=O) groups is 1. The van der Waals surface area contributed by atoms with Gasteiger partial charge in [0.15, 0.2) is 0 Å². The van der Waals surface area contributed by atoms with Crippen LogP contribution >= 0.6 is 0 Å². The maximum Gasteiger partial charge on any atom is 0.251 e. The van der Waals surface area contributed by atoms with Gasteiger partial charge in [0, 0.05) is 30.2 Å².